The highest BCUT2D eigenvalue weighted by Gasteiger charge is 2.36. The Bertz CT molecular complexity index is 1700. The van der Waals surface area contributed by atoms with Crippen LogP contribution in [0.15, 0.2) is 69.3 Å². The molecule has 7 rings (SSSR count). The van der Waals surface area contributed by atoms with Gasteiger partial charge in [-0.15, -0.1) is 0 Å². The van der Waals surface area contributed by atoms with Crippen LogP contribution in [-0.2, 0) is 24.3 Å². The van der Waals surface area contributed by atoms with Gasteiger partial charge in [-0.2, -0.15) is 5.10 Å². The van der Waals surface area contributed by atoms with Gasteiger partial charge in [-0.25, -0.2) is 5.43 Å². The molecule has 0 radical (unpaired) electrons. The second-order valence-corrected chi connectivity index (χ2v) is 13.0. The molecule has 10 nitrogen and oxygen atoms in total. The lowest BCUT2D eigenvalue weighted by Crippen LogP contribution is -2.49. The maximum atomic E-state index is 12.8. The summed E-state index contributed by atoms with van der Waals surface area (Å²) in [6, 6.07) is 17.2. The number of amides is 1. The van der Waals surface area contributed by atoms with Crippen LogP contribution >= 0.6 is 0 Å². The topological polar surface area (TPSA) is 101 Å². The molecular weight excluding hydrogens is 556 g/mol. The summed E-state index contributed by atoms with van der Waals surface area (Å²) in [5, 5.41) is 4.26. The van der Waals surface area contributed by atoms with Crippen molar-refractivity contribution in [2.24, 2.45) is 16.9 Å². The largest absolute Gasteiger partial charge is 0.496 e. The summed E-state index contributed by atoms with van der Waals surface area (Å²) >= 11 is 0. The fourth-order valence-corrected chi connectivity index (χ4v) is 8.07. The van der Waals surface area contributed by atoms with E-state index in [2.05, 4.69) is 32.5 Å². The van der Waals surface area contributed by atoms with Crippen LogP contribution in [0.2, 0.25) is 0 Å². The zero-order valence-electron chi connectivity index (χ0n) is 25.2. The molecule has 1 amide bonds. The number of likely N-dealkylation sites (tertiary alicyclic amines) is 2. The first-order chi connectivity index (χ1) is 21.4. The van der Waals surface area contributed by atoms with E-state index >= 15 is 0 Å². The number of carbonyl (C=O) groups excluding carboxylic acids is 1. The number of methoxy groups -OCH3 is 1. The molecule has 0 aliphatic carbocycles. The average Bonchev–Trinajstić information content (AvgIpc) is 3.01. The lowest BCUT2D eigenvalue weighted by molar-refractivity contribution is -0.122. The van der Waals surface area contributed by atoms with E-state index in [1.165, 1.54) is 5.69 Å². The molecule has 2 fully saturated rings. The molecule has 1 aromatic carbocycles. The third-order valence-corrected chi connectivity index (χ3v) is 9.88. The first-order valence-corrected chi connectivity index (χ1v) is 15.8. The van der Waals surface area contributed by atoms with Gasteiger partial charge in [0.25, 0.3) is 17.0 Å². The first kappa shape index (κ1) is 28.7. The van der Waals surface area contributed by atoms with E-state index in [9.17, 15) is 14.4 Å². The molecule has 2 saturated heterocycles. The minimum atomic E-state index is -0.139. The van der Waals surface area contributed by atoms with Gasteiger partial charge in [0, 0.05) is 81.2 Å². The molecule has 4 atom stereocenters. The Hall–Kier alpha value is -4.02. The van der Waals surface area contributed by atoms with Gasteiger partial charge in [-0.05, 0) is 72.6 Å². The number of carbonyl (C=O) groups is 1. The number of pyridine rings is 2. The van der Waals surface area contributed by atoms with Gasteiger partial charge in [-0.1, -0.05) is 12.1 Å². The molecule has 0 unspecified atom stereocenters. The zero-order chi connectivity index (χ0) is 30.2. The smallest absolute Gasteiger partial charge is 0.254 e. The minimum Gasteiger partial charge on any atom is -0.496 e. The lowest BCUT2D eigenvalue weighted by Gasteiger charge is -2.42. The summed E-state index contributed by atoms with van der Waals surface area (Å²) < 4.78 is 9.55. The van der Waals surface area contributed by atoms with Crippen LogP contribution in [0.25, 0.3) is 0 Å². The van der Waals surface area contributed by atoms with Crippen molar-refractivity contribution in [3.05, 3.63) is 97.8 Å². The molecule has 0 saturated carbocycles. The van der Waals surface area contributed by atoms with Crippen molar-refractivity contribution >= 4 is 12.1 Å². The number of hydrogen-bond donors (Lipinski definition) is 1. The molecule has 0 spiro atoms. The summed E-state index contributed by atoms with van der Waals surface area (Å²) in [6.07, 6.45) is 4.74. The average molecular weight is 597 g/mol. The van der Waals surface area contributed by atoms with Crippen molar-refractivity contribution < 1.29 is 9.53 Å². The fourth-order valence-electron chi connectivity index (χ4n) is 8.07. The van der Waals surface area contributed by atoms with E-state index in [0.29, 0.717) is 17.8 Å². The van der Waals surface area contributed by atoms with Crippen LogP contribution in [0.4, 0.5) is 0 Å². The van der Waals surface area contributed by atoms with E-state index in [0.717, 1.165) is 87.6 Å². The highest BCUT2D eigenvalue weighted by molar-refractivity contribution is 5.83. The maximum Gasteiger partial charge on any atom is 0.254 e. The lowest BCUT2D eigenvalue weighted by atomic mass is 9.83. The fraction of sp³-hybridized carbons (Fsp3) is 0.471. The number of fused-ring (bicyclic) bond motifs is 8. The number of ether oxygens (including phenoxy) is 1. The molecule has 4 bridgehead atoms. The zero-order valence-corrected chi connectivity index (χ0v) is 25.2. The Balaban J connectivity index is 0.937. The van der Waals surface area contributed by atoms with Crippen molar-refractivity contribution in [1.82, 2.24) is 24.4 Å². The highest BCUT2D eigenvalue weighted by Crippen LogP contribution is 2.36. The Morgan fingerprint density at radius 3 is 2.16 bits per heavy atom. The van der Waals surface area contributed by atoms with Crippen molar-refractivity contribution in [3.8, 4) is 5.75 Å². The quantitative estimate of drug-likeness (QED) is 0.316. The van der Waals surface area contributed by atoms with Crippen molar-refractivity contribution in [3.63, 3.8) is 0 Å². The third kappa shape index (κ3) is 5.88. The van der Waals surface area contributed by atoms with Crippen molar-refractivity contribution in [1.29, 1.82) is 0 Å². The molecule has 4 aliphatic rings. The number of piperidine rings is 2. The molecule has 6 heterocycles. The minimum absolute atomic E-state index is 0.0680. The van der Waals surface area contributed by atoms with Crippen LogP contribution in [0.5, 0.6) is 5.75 Å². The molecule has 2 aromatic heterocycles. The number of rotatable bonds is 8. The van der Waals surface area contributed by atoms with Gasteiger partial charge >= 0.3 is 0 Å². The van der Waals surface area contributed by atoms with Crippen LogP contribution in [-0.4, -0.2) is 77.4 Å². The number of benzene rings is 1. The number of hydrogen-bond acceptors (Lipinski definition) is 7. The predicted molar refractivity (Wildman–Crippen MR) is 168 cm³/mol. The van der Waals surface area contributed by atoms with E-state index in [1.807, 2.05) is 39.5 Å². The van der Waals surface area contributed by atoms with E-state index < -0.39 is 0 Å². The van der Waals surface area contributed by atoms with Gasteiger partial charge in [0.05, 0.1) is 19.9 Å². The van der Waals surface area contributed by atoms with Crippen molar-refractivity contribution in [2.45, 2.75) is 44.2 Å². The van der Waals surface area contributed by atoms with Crippen molar-refractivity contribution in [2.75, 3.05) is 46.4 Å². The van der Waals surface area contributed by atoms with E-state index in [1.54, 1.807) is 25.5 Å². The second-order valence-electron chi connectivity index (χ2n) is 13.0. The van der Waals surface area contributed by atoms with Gasteiger partial charge in [0.1, 0.15) is 5.75 Å². The van der Waals surface area contributed by atoms with Crippen LogP contribution in [0, 0.1) is 11.8 Å². The number of nitrogens with zero attached hydrogens (tertiary/aromatic N) is 5. The Morgan fingerprint density at radius 1 is 0.864 bits per heavy atom. The first-order valence-electron chi connectivity index (χ1n) is 15.8. The number of aromatic nitrogens is 2. The third-order valence-electron chi connectivity index (χ3n) is 9.88. The van der Waals surface area contributed by atoms with E-state index in [-0.39, 0.29) is 29.5 Å². The van der Waals surface area contributed by atoms with Gasteiger partial charge in [-0.3, -0.25) is 19.3 Å². The molecule has 10 heteroatoms. The monoisotopic (exact) mass is 596 g/mol. The number of nitrogens with one attached hydrogen (secondary N) is 1. The SMILES string of the molecule is COc1ccc(/C=N/NC(=O)CN2C[C@@H]3C[C@H](C2)c2cccc(=O)n2C3)cc1CCN1C[C@@H]2C[C@H](C1)c1cccc(=O)n1C2. The number of hydrazone groups is 1. The summed E-state index contributed by atoms with van der Waals surface area (Å²) in [7, 11) is 1.69. The summed E-state index contributed by atoms with van der Waals surface area (Å²) in [4.78, 5) is 42.1. The van der Waals surface area contributed by atoms with Gasteiger partial charge < -0.3 is 18.8 Å². The normalized spacial score (nSPS) is 24.5. The molecular formula is C34H40N6O4. The van der Waals surface area contributed by atoms with Gasteiger partial charge in [0.15, 0.2) is 0 Å². The second kappa shape index (κ2) is 12.2. The standard InChI is InChI=1S/C34H40N6O4/c1-44-31-9-8-23(12-26(31)10-11-37-16-24-13-27(20-37)29-4-2-6-33(42)39(29)18-24)15-35-36-32(41)22-38-17-25-14-28(21-38)30-5-3-7-34(43)40(30)19-25/h2-9,12,15,24-25,27-28H,10-11,13-14,16-22H2,1H3,(H,36,41)/b35-15+/t24-,25-,27+,28+/m0/s1. The van der Waals surface area contributed by atoms with Crippen LogP contribution in [0.3, 0.4) is 0 Å². The predicted octanol–water partition coefficient (Wildman–Crippen LogP) is 2.25. The Morgan fingerprint density at radius 2 is 1.50 bits per heavy atom. The Labute approximate surface area is 256 Å². The maximum absolute atomic E-state index is 12.8. The summed E-state index contributed by atoms with van der Waals surface area (Å²) in [6.45, 7) is 6.24. The summed E-state index contributed by atoms with van der Waals surface area (Å²) in [5.74, 6) is 2.25. The molecule has 44 heavy (non-hydrogen) atoms. The molecule has 230 valence electrons. The molecule has 1 N–H and O–H groups in total. The van der Waals surface area contributed by atoms with E-state index in [4.69, 9.17) is 4.74 Å². The molecule has 4 aliphatic heterocycles. The molecule has 3 aromatic rings. The van der Waals surface area contributed by atoms with Crippen LogP contribution < -0.4 is 21.3 Å². The summed E-state index contributed by atoms with van der Waals surface area (Å²) in [5.41, 5.74) is 7.15. The van der Waals surface area contributed by atoms with Gasteiger partial charge in [0.2, 0.25) is 0 Å². The Kier molecular flexibility index (Phi) is 7.95. The highest BCUT2D eigenvalue weighted by atomic mass is 16.5. The van der Waals surface area contributed by atoms with Crippen LogP contribution in [0.1, 0.15) is 47.2 Å².